The number of hydrogen-bond acceptors (Lipinski definition) is 6. The quantitative estimate of drug-likeness (QED) is 0.673. The van der Waals surface area contributed by atoms with Gasteiger partial charge in [0.25, 0.3) is 5.91 Å². The Balaban J connectivity index is 1.73. The highest BCUT2D eigenvalue weighted by molar-refractivity contribution is 6.06. The largest absolute Gasteiger partial charge is 0.496 e. The number of esters is 1. The van der Waals surface area contributed by atoms with Gasteiger partial charge >= 0.3 is 5.97 Å². The maximum Gasteiger partial charge on any atom is 0.359 e. The van der Waals surface area contributed by atoms with E-state index in [9.17, 15) is 14.4 Å². The first-order valence-electron chi connectivity index (χ1n) is 11.3. The predicted octanol–water partition coefficient (Wildman–Crippen LogP) is 2.54. The molecule has 0 unspecified atom stereocenters. The number of fused-ring (bicyclic) bond motifs is 1. The van der Waals surface area contributed by atoms with Gasteiger partial charge in [-0.1, -0.05) is 37.5 Å². The smallest absolute Gasteiger partial charge is 0.359 e. The molecule has 1 aliphatic carbocycles. The van der Waals surface area contributed by atoms with Crippen LogP contribution >= 0.6 is 0 Å². The Morgan fingerprint density at radius 3 is 2.61 bits per heavy atom. The number of aromatic nitrogens is 2. The van der Waals surface area contributed by atoms with Gasteiger partial charge in [-0.15, -0.1) is 0 Å². The minimum atomic E-state index is -1.18. The van der Waals surface area contributed by atoms with Gasteiger partial charge in [-0.05, 0) is 25.8 Å². The molecule has 1 fully saturated rings. The number of ether oxygens (including phenoxy) is 2. The number of imidazole rings is 1. The second-order valence-corrected chi connectivity index (χ2v) is 8.85. The zero-order chi connectivity index (χ0) is 23.6. The van der Waals surface area contributed by atoms with E-state index in [0.29, 0.717) is 5.75 Å². The molecule has 1 N–H and O–H groups in total. The summed E-state index contributed by atoms with van der Waals surface area (Å²) in [7, 11) is 2.81. The molecule has 0 saturated heterocycles. The Morgan fingerprint density at radius 2 is 1.91 bits per heavy atom. The summed E-state index contributed by atoms with van der Waals surface area (Å²) in [5, 5.41) is 3.18. The van der Waals surface area contributed by atoms with Crippen molar-refractivity contribution >= 4 is 17.8 Å². The first-order chi connectivity index (χ1) is 15.9. The molecule has 0 spiro atoms. The number of carbonyl (C=O) groups is 3. The molecule has 1 aromatic heterocycles. The molecule has 33 heavy (non-hydrogen) atoms. The summed E-state index contributed by atoms with van der Waals surface area (Å²) in [4.78, 5) is 45.3. The number of nitrogens with one attached hydrogen (secondary N) is 1. The molecule has 1 aliphatic heterocycles. The van der Waals surface area contributed by atoms with Gasteiger partial charge in [-0.25, -0.2) is 9.78 Å². The van der Waals surface area contributed by atoms with Crippen LogP contribution in [0.25, 0.3) is 0 Å². The molecular formula is C24H30N4O5. The Hall–Kier alpha value is -3.36. The molecule has 1 aromatic carbocycles. The fraction of sp³-hybridized carbons (Fsp3) is 0.500. The van der Waals surface area contributed by atoms with Crippen molar-refractivity contribution in [1.82, 2.24) is 19.8 Å². The van der Waals surface area contributed by atoms with E-state index in [-0.39, 0.29) is 36.4 Å². The summed E-state index contributed by atoms with van der Waals surface area (Å²) >= 11 is 0. The van der Waals surface area contributed by atoms with Crippen LogP contribution < -0.4 is 10.1 Å². The Bertz CT molecular complexity index is 1060. The summed E-state index contributed by atoms with van der Waals surface area (Å²) in [5.41, 5.74) is -0.351. The number of nitrogens with zero attached hydrogens (tertiary/aromatic N) is 3. The number of para-hydroxylation sites is 1. The van der Waals surface area contributed by atoms with Crippen LogP contribution in [0.1, 0.15) is 65.6 Å². The number of amides is 2. The summed E-state index contributed by atoms with van der Waals surface area (Å²) in [5.74, 6) is -0.736. The van der Waals surface area contributed by atoms with E-state index in [1.54, 1.807) is 18.6 Å². The lowest BCUT2D eigenvalue weighted by Gasteiger charge is -2.44. The molecule has 176 valence electrons. The van der Waals surface area contributed by atoms with E-state index < -0.39 is 17.4 Å². The Kier molecular flexibility index (Phi) is 6.40. The number of carbonyl (C=O) groups excluding carboxylic acids is 3. The van der Waals surface area contributed by atoms with Crippen molar-refractivity contribution in [2.24, 2.45) is 0 Å². The molecule has 0 radical (unpaired) electrons. The van der Waals surface area contributed by atoms with E-state index in [4.69, 9.17) is 9.47 Å². The van der Waals surface area contributed by atoms with E-state index in [2.05, 4.69) is 10.3 Å². The second kappa shape index (κ2) is 9.25. The van der Waals surface area contributed by atoms with Gasteiger partial charge in [0.15, 0.2) is 5.69 Å². The maximum absolute atomic E-state index is 13.8. The van der Waals surface area contributed by atoms with Crippen LogP contribution in [-0.2, 0) is 22.6 Å². The van der Waals surface area contributed by atoms with Crippen LogP contribution in [0, 0.1) is 0 Å². The Labute approximate surface area is 193 Å². The number of benzene rings is 1. The van der Waals surface area contributed by atoms with Gasteiger partial charge in [-0.3, -0.25) is 9.59 Å². The first kappa shape index (κ1) is 22.8. The predicted molar refractivity (Wildman–Crippen MR) is 120 cm³/mol. The van der Waals surface area contributed by atoms with Crippen molar-refractivity contribution in [3.63, 3.8) is 0 Å². The third-order valence-corrected chi connectivity index (χ3v) is 6.69. The van der Waals surface area contributed by atoms with E-state index in [0.717, 1.165) is 31.2 Å². The van der Waals surface area contributed by atoms with Crippen LogP contribution in [0.15, 0.2) is 30.6 Å². The van der Waals surface area contributed by atoms with Crippen LogP contribution in [-0.4, -0.2) is 58.0 Å². The highest BCUT2D eigenvalue weighted by atomic mass is 16.5. The van der Waals surface area contributed by atoms with Crippen molar-refractivity contribution in [2.75, 3.05) is 14.2 Å². The Morgan fingerprint density at radius 1 is 1.18 bits per heavy atom. The fourth-order valence-electron chi connectivity index (χ4n) is 4.77. The highest BCUT2D eigenvalue weighted by Gasteiger charge is 2.49. The summed E-state index contributed by atoms with van der Waals surface area (Å²) < 4.78 is 11.9. The number of methoxy groups -OCH3 is 2. The van der Waals surface area contributed by atoms with Crippen LogP contribution in [0.5, 0.6) is 5.75 Å². The molecule has 1 atom stereocenters. The summed E-state index contributed by atoms with van der Waals surface area (Å²) in [6.07, 6.45) is 6.64. The zero-order valence-electron chi connectivity index (χ0n) is 19.3. The van der Waals surface area contributed by atoms with Crippen molar-refractivity contribution in [2.45, 2.75) is 63.7 Å². The molecule has 2 heterocycles. The normalized spacial score (nSPS) is 20.8. The molecule has 9 heteroatoms. The fourth-order valence-corrected chi connectivity index (χ4v) is 4.77. The van der Waals surface area contributed by atoms with Crippen molar-refractivity contribution in [3.8, 4) is 5.75 Å². The lowest BCUT2D eigenvalue weighted by atomic mass is 9.90. The minimum Gasteiger partial charge on any atom is -0.496 e. The van der Waals surface area contributed by atoms with Crippen LogP contribution in [0.4, 0.5) is 0 Å². The second-order valence-electron chi connectivity index (χ2n) is 8.85. The lowest BCUT2D eigenvalue weighted by molar-refractivity contribution is -0.134. The van der Waals surface area contributed by atoms with Crippen molar-refractivity contribution < 1.29 is 23.9 Å². The van der Waals surface area contributed by atoms with Gasteiger partial charge in [-0.2, -0.15) is 0 Å². The van der Waals surface area contributed by atoms with E-state index >= 15 is 0 Å². The highest BCUT2D eigenvalue weighted by Crippen LogP contribution is 2.33. The average molecular weight is 455 g/mol. The molecule has 2 aliphatic rings. The van der Waals surface area contributed by atoms with Gasteiger partial charge in [0.05, 0.1) is 33.6 Å². The molecule has 2 aromatic rings. The van der Waals surface area contributed by atoms with Gasteiger partial charge in [0.2, 0.25) is 5.91 Å². The number of rotatable bonds is 6. The van der Waals surface area contributed by atoms with Gasteiger partial charge in [0.1, 0.15) is 17.0 Å². The molecule has 2 amide bonds. The molecule has 9 nitrogen and oxygen atoms in total. The number of hydrogen-bond donors (Lipinski definition) is 1. The molecule has 4 rings (SSSR count). The maximum atomic E-state index is 13.8. The third kappa shape index (κ3) is 4.19. The van der Waals surface area contributed by atoms with Crippen LogP contribution in [0.2, 0.25) is 0 Å². The van der Waals surface area contributed by atoms with Crippen molar-refractivity contribution in [3.05, 3.63) is 47.5 Å². The third-order valence-electron chi connectivity index (χ3n) is 6.69. The zero-order valence-corrected chi connectivity index (χ0v) is 19.3. The summed E-state index contributed by atoms with van der Waals surface area (Å²) in [6.45, 7) is 2.08. The average Bonchev–Trinajstić information content (AvgIpc) is 3.25. The van der Waals surface area contributed by atoms with Gasteiger partial charge < -0.3 is 24.3 Å². The molecular weight excluding hydrogens is 424 g/mol. The topological polar surface area (TPSA) is 103 Å². The monoisotopic (exact) mass is 454 g/mol. The molecule has 1 saturated carbocycles. The standard InChI is InChI=1S/C24H30N4O5/c1-24(23(31)26-17-10-5-4-6-11-17)14-27-15-25-19(22(30)33-3)20(27)21(29)28(24)13-16-9-7-8-12-18(16)32-2/h7-9,12,15,17H,4-6,10-11,13-14H2,1-3H3,(H,26,31)/t24-/m1/s1. The SMILES string of the molecule is COC(=O)c1ncn2c1C(=O)N(Cc1ccccc1OC)[C@@](C)(C(=O)NC1CCCCC1)C2. The molecule has 0 bridgehead atoms. The van der Waals surface area contributed by atoms with Gasteiger partial charge in [0, 0.05) is 11.6 Å². The van der Waals surface area contributed by atoms with Crippen LogP contribution in [0.3, 0.4) is 0 Å². The minimum absolute atomic E-state index is 0.0535. The lowest BCUT2D eigenvalue weighted by Crippen LogP contribution is -2.64. The van der Waals surface area contributed by atoms with Crippen molar-refractivity contribution in [1.29, 1.82) is 0 Å². The van der Waals surface area contributed by atoms with E-state index in [1.807, 2.05) is 24.3 Å². The summed E-state index contributed by atoms with van der Waals surface area (Å²) in [6, 6.07) is 7.47. The first-order valence-corrected chi connectivity index (χ1v) is 11.3. The van der Waals surface area contributed by atoms with E-state index in [1.165, 1.54) is 24.8 Å².